The molecule has 15 heavy (non-hydrogen) atoms. The van der Waals surface area contributed by atoms with Gasteiger partial charge in [0.05, 0.1) is 6.61 Å². The molecule has 0 saturated carbocycles. The number of thiophene rings is 1. The molecule has 0 bridgehead atoms. The van der Waals surface area contributed by atoms with Gasteiger partial charge in [0.25, 0.3) is 0 Å². The van der Waals surface area contributed by atoms with Gasteiger partial charge in [-0.15, -0.1) is 11.3 Å². The largest absolute Gasteiger partial charge is 0.395 e. The van der Waals surface area contributed by atoms with Crippen LogP contribution in [-0.4, -0.2) is 29.2 Å². The number of rotatable bonds is 3. The maximum Gasteiger partial charge on any atom is 0.0587 e. The molecule has 0 radical (unpaired) electrons. The lowest BCUT2D eigenvalue weighted by molar-refractivity contribution is 0.0600. The van der Waals surface area contributed by atoms with Crippen LogP contribution in [0.1, 0.15) is 37.1 Å². The number of likely N-dealkylation sites (tertiary alicyclic amines) is 1. The van der Waals surface area contributed by atoms with E-state index in [-0.39, 0.29) is 0 Å². The lowest BCUT2D eigenvalue weighted by Gasteiger charge is -2.38. The zero-order chi connectivity index (χ0) is 10.7. The van der Waals surface area contributed by atoms with Gasteiger partial charge in [0.15, 0.2) is 0 Å². The number of piperidine rings is 1. The first-order chi connectivity index (χ1) is 7.33. The van der Waals surface area contributed by atoms with Gasteiger partial charge >= 0.3 is 0 Å². The van der Waals surface area contributed by atoms with Crippen LogP contribution < -0.4 is 0 Å². The molecule has 2 nitrogen and oxygen atoms in total. The number of hydrogen-bond acceptors (Lipinski definition) is 3. The third kappa shape index (κ3) is 2.41. The van der Waals surface area contributed by atoms with Crippen molar-refractivity contribution in [2.24, 2.45) is 0 Å². The highest BCUT2D eigenvalue weighted by Gasteiger charge is 2.26. The third-order valence-electron chi connectivity index (χ3n) is 3.34. The molecular formula is C12H19NOS. The molecule has 1 aromatic heterocycles. The average molecular weight is 225 g/mol. The Hall–Kier alpha value is -0.380. The van der Waals surface area contributed by atoms with Crippen LogP contribution in [0.5, 0.6) is 0 Å². The fraction of sp³-hybridized carbons (Fsp3) is 0.667. The van der Waals surface area contributed by atoms with Gasteiger partial charge in [-0.05, 0) is 37.8 Å². The van der Waals surface area contributed by atoms with Crippen LogP contribution in [0.2, 0.25) is 0 Å². The topological polar surface area (TPSA) is 23.5 Å². The Balaban J connectivity index is 2.07. The standard InChI is InChI=1S/C12H19NOS/c1-10(12-6-4-8-15-12)13-7-3-2-5-11(13)9-14/h4,6,8,10-11,14H,2-3,5,7,9H2,1H3/t10-,11+/m1/s1. The molecule has 0 aliphatic carbocycles. The summed E-state index contributed by atoms with van der Waals surface area (Å²) in [5.74, 6) is 0. The Bertz CT molecular complexity index is 286. The first-order valence-corrected chi connectivity index (χ1v) is 6.61. The van der Waals surface area contributed by atoms with Crippen LogP contribution in [0, 0.1) is 0 Å². The first kappa shape index (κ1) is 11.1. The van der Waals surface area contributed by atoms with Gasteiger partial charge in [0, 0.05) is 17.0 Å². The quantitative estimate of drug-likeness (QED) is 0.855. The first-order valence-electron chi connectivity index (χ1n) is 5.73. The molecule has 2 atom stereocenters. The van der Waals surface area contributed by atoms with E-state index >= 15 is 0 Å². The summed E-state index contributed by atoms with van der Waals surface area (Å²) >= 11 is 1.81. The molecule has 1 saturated heterocycles. The number of aliphatic hydroxyl groups is 1. The Morgan fingerprint density at radius 2 is 2.47 bits per heavy atom. The van der Waals surface area contributed by atoms with E-state index in [4.69, 9.17) is 0 Å². The lowest BCUT2D eigenvalue weighted by Crippen LogP contribution is -2.42. The van der Waals surface area contributed by atoms with Gasteiger partial charge in [-0.1, -0.05) is 12.5 Å². The van der Waals surface area contributed by atoms with Crippen molar-refractivity contribution in [2.75, 3.05) is 13.2 Å². The molecule has 1 N–H and O–H groups in total. The van der Waals surface area contributed by atoms with Crippen molar-refractivity contribution in [3.05, 3.63) is 22.4 Å². The second-order valence-electron chi connectivity index (χ2n) is 4.26. The Kier molecular flexibility index (Phi) is 3.78. The van der Waals surface area contributed by atoms with Crippen LogP contribution in [-0.2, 0) is 0 Å². The summed E-state index contributed by atoms with van der Waals surface area (Å²) in [4.78, 5) is 3.87. The van der Waals surface area contributed by atoms with Crippen molar-refractivity contribution in [2.45, 2.75) is 38.3 Å². The van der Waals surface area contributed by atoms with E-state index in [1.54, 1.807) is 0 Å². The molecule has 0 spiro atoms. The fourth-order valence-electron chi connectivity index (χ4n) is 2.42. The van der Waals surface area contributed by atoms with E-state index in [1.807, 2.05) is 11.3 Å². The zero-order valence-corrected chi connectivity index (χ0v) is 10.0. The van der Waals surface area contributed by atoms with E-state index in [1.165, 1.54) is 17.7 Å². The molecule has 1 aliphatic rings. The Morgan fingerprint density at radius 1 is 1.60 bits per heavy atom. The van der Waals surface area contributed by atoms with Gasteiger partial charge in [-0.25, -0.2) is 0 Å². The number of nitrogens with zero attached hydrogens (tertiary/aromatic N) is 1. The SMILES string of the molecule is C[C@H](c1cccs1)N1CCCC[C@H]1CO. The predicted octanol–water partition coefficient (Wildman–Crippen LogP) is 2.66. The molecule has 3 heteroatoms. The highest BCUT2D eigenvalue weighted by Crippen LogP contribution is 2.30. The van der Waals surface area contributed by atoms with Gasteiger partial charge < -0.3 is 5.11 Å². The molecule has 0 aromatic carbocycles. The molecule has 2 heterocycles. The van der Waals surface area contributed by atoms with Crippen LogP contribution in [0.15, 0.2) is 17.5 Å². The predicted molar refractivity (Wildman–Crippen MR) is 64.2 cm³/mol. The minimum absolute atomic E-state index is 0.301. The summed E-state index contributed by atoms with van der Waals surface area (Å²) in [6.45, 7) is 3.68. The van der Waals surface area contributed by atoms with Crippen LogP contribution in [0.3, 0.4) is 0 Å². The van der Waals surface area contributed by atoms with Crippen molar-refractivity contribution in [1.29, 1.82) is 0 Å². The second kappa shape index (κ2) is 5.10. The monoisotopic (exact) mass is 225 g/mol. The summed E-state index contributed by atoms with van der Waals surface area (Å²) in [6.07, 6.45) is 3.68. The number of aliphatic hydroxyl groups excluding tert-OH is 1. The van der Waals surface area contributed by atoms with Crippen molar-refractivity contribution >= 4 is 11.3 Å². The van der Waals surface area contributed by atoms with E-state index in [2.05, 4.69) is 29.3 Å². The van der Waals surface area contributed by atoms with Crippen LogP contribution in [0.4, 0.5) is 0 Å². The van der Waals surface area contributed by atoms with Gasteiger partial charge in [-0.2, -0.15) is 0 Å². The average Bonchev–Trinajstić information content (AvgIpc) is 2.81. The maximum absolute atomic E-state index is 9.37. The molecule has 1 aliphatic heterocycles. The minimum Gasteiger partial charge on any atom is -0.395 e. The number of hydrogen-bond donors (Lipinski definition) is 1. The lowest BCUT2D eigenvalue weighted by atomic mass is 10.0. The highest BCUT2D eigenvalue weighted by atomic mass is 32.1. The normalized spacial score (nSPS) is 25.3. The molecule has 84 valence electrons. The second-order valence-corrected chi connectivity index (χ2v) is 5.24. The highest BCUT2D eigenvalue weighted by molar-refractivity contribution is 7.10. The smallest absolute Gasteiger partial charge is 0.0587 e. The molecule has 0 unspecified atom stereocenters. The molecule has 1 aromatic rings. The zero-order valence-electron chi connectivity index (χ0n) is 9.22. The van der Waals surface area contributed by atoms with E-state index in [9.17, 15) is 5.11 Å². The Morgan fingerprint density at radius 3 is 3.13 bits per heavy atom. The fourth-order valence-corrected chi connectivity index (χ4v) is 3.22. The van der Waals surface area contributed by atoms with Crippen molar-refractivity contribution < 1.29 is 5.11 Å². The van der Waals surface area contributed by atoms with Crippen molar-refractivity contribution in [3.63, 3.8) is 0 Å². The van der Waals surface area contributed by atoms with Gasteiger partial charge in [0.2, 0.25) is 0 Å². The molecular weight excluding hydrogens is 206 g/mol. The summed E-state index contributed by atoms with van der Waals surface area (Å²) < 4.78 is 0. The van der Waals surface area contributed by atoms with E-state index < -0.39 is 0 Å². The summed E-state index contributed by atoms with van der Waals surface area (Å²) in [5.41, 5.74) is 0. The maximum atomic E-state index is 9.37. The van der Waals surface area contributed by atoms with Gasteiger partial charge in [0.1, 0.15) is 0 Å². The Labute approximate surface area is 95.5 Å². The molecule has 2 rings (SSSR count). The van der Waals surface area contributed by atoms with E-state index in [0.29, 0.717) is 18.7 Å². The molecule has 0 amide bonds. The van der Waals surface area contributed by atoms with Crippen molar-refractivity contribution in [1.82, 2.24) is 4.90 Å². The summed E-state index contributed by atoms with van der Waals surface area (Å²) in [5, 5.41) is 11.5. The van der Waals surface area contributed by atoms with Crippen molar-refractivity contribution in [3.8, 4) is 0 Å². The summed E-state index contributed by atoms with van der Waals surface area (Å²) in [6, 6.07) is 5.13. The van der Waals surface area contributed by atoms with Crippen LogP contribution >= 0.6 is 11.3 Å². The minimum atomic E-state index is 0.301. The van der Waals surface area contributed by atoms with Gasteiger partial charge in [-0.3, -0.25) is 4.90 Å². The van der Waals surface area contributed by atoms with Crippen LogP contribution in [0.25, 0.3) is 0 Å². The third-order valence-corrected chi connectivity index (χ3v) is 4.38. The molecule has 1 fully saturated rings. The van der Waals surface area contributed by atoms with E-state index in [0.717, 1.165) is 13.0 Å². The summed E-state index contributed by atoms with van der Waals surface area (Å²) in [7, 11) is 0.